The van der Waals surface area contributed by atoms with Crippen LogP contribution in [0.4, 0.5) is 4.79 Å². The molecule has 1 aliphatic carbocycles. The number of aliphatic carboxylic acids is 1. The van der Waals surface area contributed by atoms with E-state index in [1.165, 1.54) is 5.56 Å². The number of carbonyl (C=O) groups excluding carboxylic acids is 1. The molecule has 1 saturated carbocycles. The molecule has 3 rings (SSSR count). The number of carboxylic acid groups (broad SMARTS) is 1. The predicted octanol–water partition coefficient (Wildman–Crippen LogP) is 2.83. The second-order valence-electron chi connectivity index (χ2n) is 6.60. The molecule has 2 N–H and O–H groups in total. The third-order valence-corrected chi connectivity index (χ3v) is 5.18. The third kappa shape index (κ3) is 3.66. The number of likely N-dealkylation sites (tertiary alicyclic amines) is 1. The van der Waals surface area contributed by atoms with E-state index in [0.717, 1.165) is 19.3 Å². The number of urea groups is 1. The van der Waals surface area contributed by atoms with Crippen molar-refractivity contribution in [3.8, 4) is 0 Å². The fourth-order valence-electron chi connectivity index (χ4n) is 3.81. The van der Waals surface area contributed by atoms with Gasteiger partial charge in [0.1, 0.15) is 0 Å². The molecule has 1 heterocycles. The number of nitrogens with one attached hydrogen (secondary N) is 1. The number of amides is 2. The van der Waals surface area contributed by atoms with Crippen molar-refractivity contribution in [3.05, 3.63) is 35.9 Å². The summed E-state index contributed by atoms with van der Waals surface area (Å²) in [7, 11) is 0. The Morgan fingerprint density at radius 1 is 1.04 bits per heavy atom. The molecule has 23 heavy (non-hydrogen) atoms. The van der Waals surface area contributed by atoms with Gasteiger partial charge < -0.3 is 15.3 Å². The van der Waals surface area contributed by atoms with Gasteiger partial charge in [0.2, 0.25) is 0 Å². The van der Waals surface area contributed by atoms with Gasteiger partial charge in [-0.1, -0.05) is 36.8 Å². The van der Waals surface area contributed by atoms with Crippen molar-refractivity contribution in [1.29, 1.82) is 0 Å². The van der Waals surface area contributed by atoms with Gasteiger partial charge in [0.05, 0.1) is 5.92 Å². The fourth-order valence-corrected chi connectivity index (χ4v) is 3.81. The SMILES string of the molecule is O=C(O)C1CCN(C(=O)NC2CCCC2c2ccccc2)CC1. The van der Waals surface area contributed by atoms with Crippen LogP contribution in [0.15, 0.2) is 30.3 Å². The zero-order valence-electron chi connectivity index (χ0n) is 13.3. The van der Waals surface area contributed by atoms with Crippen molar-refractivity contribution in [1.82, 2.24) is 10.2 Å². The van der Waals surface area contributed by atoms with E-state index in [1.807, 2.05) is 18.2 Å². The molecule has 0 spiro atoms. The molecular weight excluding hydrogens is 292 g/mol. The van der Waals surface area contributed by atoms with Gasteiger partial charge in [-0.15, -0.1) is 0 Å². The smallest absolute Gasteiger partial charge is 0.317 e. The molecule has 1 saturated heterocycles. The van der Waals surface area contributed by atoms with Gasteiger partial charge >= 0.3 is 12.0 Å². The van der Waals surface area contributed by atoms with Crippen LogP contribution in [0.3, 0.4) is 0 Å². The minimum atomic E-state index is -0.745. The molecule has 1 aromatic carbocycles. The molecule has 1 aliphatic heterocycles. The van der Waals surface area contributed by atoms with Crippen molar-refractivity contribution < 1.29 is 14.7 Å². The molecule has 0 aromatic heterocycles. The maximum atomic E-state index is 12.5. The Morgan fingerprint density at radius 3 is 2.39 bits per heavy atom. The normalized spacial score (nSPS) is 25.3. The predicted molar refractivity (Wildman–Crippen MR) is 87.3 cm³/mol. The highest BCUT2D eigenvalue weighted by molar-refractivity contribution is 5.75. The number of hydrogen-bond acceptors (Lipinski definition) is 2. The van der Waals surface area contributed by atoms with Crippen molar-refractivity contribution >= 4 is 12.0 Å². The molecule has 0 radical (unpaired) electrons. The Bertz CT molecular complexity index is 553. The lowest BCUT2D eigenvalue weighted by molar-refractivity contribution is -0.143. The lowest BCUT2D eigenvalue weighted by Gasteiger charge is -2.32. The fraction of sp³-hybridized carbons (Fsp3) is 0.556. The van der Waals surface area contributed by atoms with Crippen LogP contribution in [0.25, 0.3) is 0 Å². The van der Waals surface area contributed by atoms with Crippen LogP contribution >= 0.6 is 0 Å². The summed E-state index contributed by atoms with van der Waals surface area (Å²) in [5, 5.41) is 12.2. The number of carbonyl (C=O) groups is 2. The number of benzene rings is 1. The van der Waals surface area contributed by atoms with Crippen molar-refractivity contribution in [2.75, 3.05) is 13.1 Å². The highest BCUT2D eigenvalue weighted by atomic mass is 16.4. The van der Waals surface area contributed by atoms with Gasteiger partial charge in [0.15, 0.2) is 0 Å². The molecule has 0 bridgehead atoms. The molecule has 124 valence electrons. The average Bonchev–Trinajstić information content (AvgIpc) is 3.04. The first-order chi connectivity index (χ1) is 11.1. The highest BCUT2D eigenvalue weighted by Crippen LogP contribution is 2.34. The Hall–Kier alpha value is -2.04. The average molecular weight is 316 g/mol. The number of nitrogens with zero attached hydrogens (tertiary/aromatic N) is 1. The molecule has 2 amide bonds. The Kier molecular flexibility index (Phi) is 4.84. The van der Waals surface area contributed by atoms with E-state index in [1.54, 1.807) is 4.90 Å². The summed E-state index contributed by atoms with van der Waals surface area (Å²) in [4.78, 5) is 25.2. The minimum Gasteiger partial charge on any atom is -0.481 e. The first-order valence-corrected chi connectivity index (χ1v) is 8.48. The van der Waals surface area contributed by atoms with Crippen LogP contribution in [0.5, 0.6) is 0 Å². The Labute approximate surface area is 136 Å². The first kappa shape index (κ1) is 15.8. The van der Waals surface area contributed by atoms with E-state index >= 15 is 0 Å². The molecule has 2 atom stereocenters. The molecule has 2 unspecified atom stereocenters. The van der Waals surface area contributed by atoms with E-state index in [4.69, 9.17) is 5.11 Å². The van der Waals surface area contributed by atoms with Gasteiger partial charge in [-0.3, -0.25) is 4.79 Å². The van der Waals surface area contributed by atoms with Gasteiger partial charge in [-0.05, 0) is 31.2 Å². The molecular formula is C18H24N2O3. The van der Waals surface area contributed by atoms with E-state index in [9.17, 15) is 9.59 Å². The zero-order chi connectivity index (χ0) is 16.2. The molecule has 2 aliphatic rings. The monoisotopic (exact) mass is 316 g/mol. The van der Waals surface area contributed by atoms with Crippen molar-refractivity contribution in [2.24, 2.45) is 5.92 Å². The summed E-state index contributed by atoms with van der Waals surface area (Å²) in [5.74, 6) is -0.663. The Morgan fingerprint density at radius 2 is 1.74 bits per heavy atom. The van der Waals surface area contributed by atoms with E-state index in [0.29, 0.717) is 31.8 Å². The standard InChI is InChI=1S/C18H24N2O3/c21-17(22)14-9-11-20(12-10-14)18(23)19-16-8-4-7-15(16)13-5-2-1-3-6-13/h1-3,5-6,14-16H,4,7-12H2,(H,19,23)(H,21,22). The summed E-state index contributed by atoms with van der Waals surface area (Å²) >= 11 is 0. The van der Waals surface area contributed by atoms with Gasteiger partial charge in [-0.2, -0.15) is 0 Å². The summed E-state index contributed by atoms with van der Waals surface area (Å²) in [6.07, 6.45) is 4.35. The third-order valence-electron chi connectivity index (χ3n) is 5.18. The van der Waals surface area contributed by atoms with Gasteiger partial charge in [0, 0.05) is 25.0 Å². The highest BCUT2D eigenvalue weighted by Gasteiger charge is 2.32. The van der Waals surface area contributed by atoms with E-state index < -0.39 is 5.97 Å². The van der Waals surface area contributed by atoms with Gasteiger partial charge in [0.25, 0.3) is 0 Å². The van der Waals surface area contributed by atoms with E-state index in [-0.39, 0.29) is 18.0 Å². The van der Waals surface area contributed by atoms with Crippen LogP contribution in [0.1, 0.15) is 43.6 Å². The largest absolute Gasteiger partial charge is 0.481 e. The Balaban J connectivity index is 1.56. The summed E-state index contributed by atoms with van der Waals surface area (Å²) < 4.78 is 0. The number of hydrogen-bond donors (Lipinski definition) is 2. The lowest BCUT2D eigenvalue weighted by Crippen LogP contribution is -2.49. The van der Waals surface area contributed by atoms with Gasteiger partial charge in [-0.25, -0.2) is 4.79 Å². The topological polar surface area (TPSA) is 69.6 Å². The number of piperidine rings is 1. The van der Waals surface area contributed by atoms with Crippen molar-refractivity contribution in [2.45, 2.75) is 44.1 Å². The molecule has 1 aromatic rings. The minimum absolute atomic E-state index is 0.0401. The van der Waals surface area contributed by atoms with Crippen LogP contribution in [0, 0.1) is 5.92 Å². The van der Waals surface area contributed by atoms with Crippen LogP contribution in [0.2, 0.25) is 0 Å². The van der Waals surface area contributed by atoms with Crippen molar-refractivity contribution in [3.63, 3.8) is 0 Å². The van der Waals surface area contributed by atoms with Crippen LogP contribution in [-0.2, 0) is 4.79 Å². The lowest BCUT2D eigenvalue weighted by atomic mass is 9.94. The second-order valence-corrected chi connectivity index (χ2v) is 6.60. The first-order valence-electron chi connectivity index (χ1n) is 8.48. The number of carboxylic acids is 1. The zero-order valence-corrected chi connectivity index (χ0v) is 13.3. The summed E-state index contributed by atoms with van der Waals surface area (Å²) in [6.45, 7) is 1.07. The van der Waals surface area contributed by atoms with Crippen LogP contribution < -0.4 is 5.32 Å². The number of rotatable bonds is 3. The van der Waals surface area contributed by atoms with Crippen LogP contribution in [-0.4, -0.2) is 41.1 Å². The second kappa shape index (κ2) is 7.02. The summed E-state index contributed by atoms with van der Waals surface area (Å²) in [5.41, 5.74) is 1.29. The van der Waals surface area contributed by atoms with E-state index in [2.05, 4.69) is 17.4 Å². The maximum Gasteiger partial charge on any atom is 0.317 e. The quantitative estimate of drug-likeness (QED) is 0.901. The molecule has 5 nitrogen and oxygen atoms in total. The molecule has 5 heteroatoms. The maximum absolute atomic E-state index is 12.5. The summed E-state index contributed by atoms with van der Waals surface area (Å²) in [6, 6.07) is 10.5. The molecule has 2 fully saturated rings.